The van der Waals surface area contributed by atoms with Gasteiger partial charge in [-0.05, 0) is 38.8 Å². The Kier molecular flexibility index (Phi) is 6.52. The number of aryl methyl sites for hydroxylation is 1. The zero-order valence-electron chi connectivity index (χ0n) is 12.1. The van der Waals surface area contributed by atoms with Gasteiger partial charge in [-0.2, -0.15) is 0 Å². The Balaban J connectivity index is 2.48. The molecule has 0 spiro atoms. The molecule has 3 nitrogen and oxygen atoms in total. The van der Waals surface area contributed by atoms with Gasteiger partial charge >= 0.3 is 0 Å². The molecular weight excluding hydrogens is 258 g/mol. The van der Waals surface area contributed by atoms with Crippen LogP contribution in [0.3, 0.4) is 0 Å². The third-order valence-electron chi connectivity index (χ3n) is 3.07. The third-order valence-corrected chi connectivity index (χ3v) is 4.70. The summed E-state index contributed by atoms with van der Waals surface area (Å²) >= 11 is 0. The van der Waals surface area contributed by atoms with Crippen LogP contribution in [0.25, 0.3) is 0 Å². The Labute approximate surface area is 117 Å². The fourth-order valence-electron chi connectivity index (χ4n) is 1.98. The number of sulfone groups is 1. The standard InChI is InChI=1S/C15H25NO2S/c1-4-9-16-14(3)8-10-19(17,18)12-15-7-5-6-13(2)11-15/h5-7,11,14,16H,4,8-10,12H2,1-3H3. The highest BCUT2D eigenvalue weighted by molar-refractivity contribution is 7.90. The van der Waals surface area contributed by atoms with Crippen molar-refractivity contribution >= 4 is 9.84 Å². The molecule has 1 rings (SSSR count). The molecule has 1 aromatic rings. The van der Waals surface area contributed by atoms with Crippen molar-refractivity contribution in [2.45, 2.75) is 45.4 Å². The van der Waals surface area contributed by atoms with E-state index in [0.29, 0.717) is 6.42 Å². The molecule has 0 bridgehead atoms. The predicted molar refractivity (Wildman–Crippen MR) is 81.0 cm³/mol. The summed E-state index contributed by atoms with van der Waals surface area (Å²) in [4.78, 5) is 0. The highest BCUT2D eigenvalue weighted by Crippen LogP contribution is 2.10. The van der Waals surface area contributed by atoms with E-state index in [2.05, 4.69) is 12.2 Å². The largest absolute Gasteiger partial charge is 0.314 e. The van der Waals surface area contributed by atoms with Crippen LogP contribution in [0.5, 0.6) is 0 Å². The third kappa shape index (κ3) is 6.73. The second-order valence-corrected chi connectivity index (χ2v) is 7.41. The van der Waals surface area contributed by atoms with E-state index in [1.54, 1.807) is 0 Å². The van der Waals surface area contributed by atoms with Gasteiger partial charge in [0.05, 0.1) is 11.5 Å². The Hall–Kier alpha value is -0.870. The summed E-state index contributed by atoms with van der Waals surface area (Å²) in [5.41, 5.74) is 1.99. The van der Waals surface area contributed by atoms with Crippen LogP contribution in [-0.2, 0) is 15.6 Å². The first-order chi connectivity index (χ1) is 8.93. The van der Waals surface area contributed by atoms with Gasteiger partial charge in [-0.3, -0.25) is 0 Å². The highest BCUT2D eigenvalue weighted by atomic mass is 32.2. The van der Waals surface area contributed by atoms with Crippen LogP contribution >= 0.6 is 0 Å². The molecule has 0 amide bonds. The first-order valence-electron chi connectivity index (χ1n) is 6.92. The van der Waals surface area contributed by atoms with Crippen molar-refractivity contribution in [3.05, 3.63) is 35.4 Å². The van der Waals surface area contributed by atoms with Crippen molar-refractivity contribution in [1.82, 2.24) is 5.32 Å². The molecule has 0 saturated carbocycles. The lowest BCUT2D eigenvalue weighted by Gasteiger charge is -2.13. The summed E-state index contributed by atoms with van der Waals surface area (Å²) in [5, 5.41) is 3.31. The Morgan fingerprint density at radius 3 is 2.68 bits per heavy atom. The zero-order chi connectivity index (χ0) is 14.3. The zero-order valence-corrected chi connectivity index (χ0v) is 13.0. The van der Waals surface area contributed by atoms with E-state index < -0.39 is 9.84 Å². The topological polar surface area (TPSA) is 46.2 Å². The fraction of sp³-hybridized carbons (Fsp3) is 0.600. The SMILES string of the molecule is CCCNC(C)CCS(=O)(=O)Cc1cccc(C)c1. The van der Waals surface area contributed by atoms with Crippen LogP contribution in [0.2, 0.25) is 0 Å². The van der Waals surface area contributed by atoms with Crippen molar-refractivity contribution < 1.29 is 8.42 Å². The molecule has 1 atom stereocenters. The molecule has 1 N–H and O–H groups in total. The minimum Gasteiger partial charge on any atom is -0.314 e. The van der Waals surface area contributed by atoms with Gasteiger partial charge in [0, 0.05) is 6.04 Å². The molecule has 0 aliphatic heterocycles. The molecule has 108 valence electrons. The number of hydrogen-bond donors (Lipinski definition) is 1. The van der Waals surface area contributed by atoms with E-state index in [4.69, 9.17) is 0 Å². The molecule has 0 saturated heterocycles. The van der Waals surface area contributed by atoms with Crippen LogP contribution in [0.15, 0.2) is 24.3 Å². The molecule has 1 unspecified atom stereocenters. The van der Waals surface area contributed by atoms with Crippen molar-refractivity contribution in [3.8, 4) is 0 Å². The van der Waals surface area contributed by atoms with Gasteiger partial charge in [0.1, 0.15) is 0 Å². The average molecular weight is 283 g/mol. The summed E-state index contributed by atoms with van der Waals surface area (Å²) in [5.74, 6) is 0.397. The first-order valence-corrected chi connectivity index (χ1v) is 8.74. The minimum atomic E-state index is -3.01. The average Bonchev–Trinajstić information content (AvgIpc) is 2.33. The van der Waals surface area contributed by atoms with Crippen molar-refractivity contribution in [2.24, 2.45) is 0 Å². The second kappa shape index (κ2) is 7.65. The van der Waals surface area contributed by atoms with Crippen LogP contribution in [0.1, 0.15) is 37.8 Å². The quantitative estimate of drug-likeness (QED) is 0.798. The van der Waals surface area contributed by atoms with E-state index in [-0.39, 0.29) is 17.5 Å². The van der Waals surface area contributed by atoms with Crippen molar-refractivity contribution in [1.29, 1.82) is 0 Å². The van der Waals surface area contributed by atoms with Crippen LogP contribution in [0, 0.1) is 6.92 Å². The lowest BCUT2D eigenvalue weighted by atomic mass is 10.2. The molecular formula is C15H25NO2S. The van der Waals surface area contributed by atoms with Gasteiger partial charge in [0.25, 0.3) is 0 Å². The molecule has 19 heavy (non-hydrogen) atoms. The number of hydrogen-bond acceptors (Lipinski definition) is 3. The second-order valence-electron chi connectivity index (χ2n) is 5.22. The van der Waals surface area contributed by atoms with Gasteiger partial charge < -0.3 is 5.32 Å². The maximum Gasteiger partial charge on any atom is 0.154 e. The molecule has 0 heterocycles. The van der Waals surface area contributed by atoms with Crippen LogP contribution in [-0.4, -0.2) is 26.8 Å². The minimum absolute atomic E-state index is 0.148. The van der Waals surface area contributed by atoms with Crippen LogP contribution < -0.4 is 5.32 Å². The van der Waals surface area contributed by atoms with Crippen molar-refractivity contribution in [2.75, 3.05) is 12.3 Å². The molecule has 0 radical (unpaired) electrons. The Morgan fingerprint density at radius 1 is 1.32 bits per heavy atom. The first kappa shape index (κ1) is 16.2. The maximum absolute atomic E-state index is 12.1. The van der Waals surface area contributed by atoms with Gasteiger partial charge in [0.15, 0.2) is 9.84 Å². The molecule has 0 aliphatic carbocycles. The molecule has 0 fully saturated rings. The monoisotopic (exact) mass is 283 g/mol. The molecule has 1 aromatic carbocycles. The van der Waals surface area contributed by atoms with Crippen LogP contribution in [0.4, 0.5) is 0 Å². The Morgan fingerprint density at radius 2 is 2.05 bits per heavy atom. The normalized spacial score (nSPS) is 13.4. The van der Waals surface area contributed by atoms with E-state index in [1.807, 2.05) is 38.1 Å². The molecule has 4 heteroatoms. The molecule has 0 aromatic heterocycles. The van der Waals surface area contributed by atoms with E-state index in [0.717, 1.165) is 24.1 Å². The smallest absolute Gasteiger partial charge is 0.154 e. The summed E-state index contributed by atoms with van der Waals surface area (Å²) in [6.07, 6.45) is 1.74. The number of nitrogens with one attached hydrogen (secondary N) is 1. The Bertz CT molecular complexity index is 483. The summed E-state index contributed by atoms with van der Waals surface area (Å²) < 4.78 is 24.1. The predicted octanol–water partition coefficient (Wildman–Crippen LogP) is 2.69. The van der Waals surface area contributed by atoms with Gasteiger partial charge in [-0.1, -0.05) is 36.8 Å². The van der Waals surface area contributed by atoms with Gasteiger partial charge in [0.2, 0.25) is 0 Å². The fourth-order valence-corrected chi connectivity index (χ4v) is 3.52. The molecule has 0 aliphatic rings. The highest BCUT2D eigenvalue weighted by Gasteiger charge is 2.14. The number of benzene rings is 1. The lowest BCUT2D eigenvalue weighted by molar-refractivity contribution is 0.525. The van der Waals surface area contributed by atoms with Crippen molar-refractivity contribution in [3.63, 3.8) is 0 Å². The van der Waals surface area contributed by atoms with E-state index >= 15 is 0 Å². The number of rotatable bonds is 8. The van der Waals surface area contributed by atoms with E-state index in [1.165, 1.54) is 0 Å². The summed E-state index contributed by atoms with van der Waals surface area (Å²) in [7, 11) is -3.01. The maximum atomic E-state index is 12.1. The lowest BCUT2D eigenvalue weighted by Crippen LogP contribution is -2.29. The van der Waals surface area contributed by atoms with E-state index in [9.17, 15) is 8.42 Å². The van der Waals surface area contributed by atoms with Gasteiger partial charge in [-0.25, -0.2) is 8.42 Å². The summed E-state index contributed by atoms with van der Waals surface area (Å²) in [6, 6.07) is 7.96. The summed E-state index contributed by atoms with van der Waals surface area (Å²) in [6.45, 7) is 7.07. The van der Waals surface area contributed by atoms with Gasteiger partial charge in [-0.15, -0.1) is 0 Å².